The van der Waals surface area contributed by atoms with E-state index in [-0.39, 0.29) is 30.3 Å². The monoisotopic (exact) mass is 415 g/mol. The lowest BCUT2D eigenvalue weighted by atomic mass is 10.0. The van der Waals surface area contributed by atoms with Crippen molar-refractivity contribution in [2.45, 2.75) is 63.1 Å². The fourth-order valence-corrected chi connectivity index (χ4v) is 5.37. The number of ether oxygens (including phenoxy) is 2. The van der Waals surface area contributed by atoms with Crippen LogP contribution in [-0.4, -0.2) is 67.6 Å². The van der Waals surface area contributed by atoms with E-state index in [9.17, 15) is 9.59 Å². The van der Waals surface area contributed by atoms with E-state index >= 15 is 0 Å². The van der Waals surface area contributed by atoms with Gasteiger partial charge < -0.3 is 19.7 Å². The Morgan fingerprint density at radius 2 is 1.83 bits per heavy atom. The summed E-state index contributed by atoms with van der Waals surface area (Å²) in [5.74, 6) is 1.43. The van der Waals surface area contributed by atoms with Crippen LogP contribution in [0.4, 0.5) is 0 Å². The summed E-state index contributed by atoms with van der Waals surface area (Å²) < 4.78 is 10.8. The van der Waals surface area contributed by atoms with Gasteiger partial charge in [-0.05, 0) is 43.4 Å². The number of nitrogens with zero attached hydrogens (tertiary/aromatic N) is 2. The van der Waals surface area contributed by atoms with Crippen LogP contribution in [0.15, 0.2) is 18.2 Å². The van der Waals surface area contributed by atoms with Crippen LogP contribution in [0.1, 0.15) is 56.6 Å². The van der Waals surface area contributed by atoms with E-state index in [1.807, 2.05) is 23.1 Å². The lowest BCUT2D eigenvalue weighted by Crippen LogP contribution is -2.59. The van der Waals surface area contributed by atoms with Gasteiger partial charge in [0.15, 0.2) is 11.5 Å². The molecule has 2 aliphatic heterocycles. The van der Waals surface area contributed by atoms with E-state index in [1.165, 1.54) is 12.8 Å². The van der Waals surface area contributed by atoms with Crippen LogP contribution >= 0.6 is 0 Å². The van der Waals surface area contributed by atoms with Gasteiger partial charge in [-0.2, -0.15) is 0 Å². The maximum Gasteiger partial charge on any atom is 0.237 e. The standard InChI is InChI=1S/C23H33N3O4/c1-29-20-10-9-16(14-21(20)30-2)18-8-5-12-26(18)22(27)15-19-23(28)24-11-13-25(19)17-6-3-4-7-17/h9-10,14,17-19H,3-8,11-13,15H2,1-2H3,(H,24,28)/t18-,19+/m1/s1. The van der Waals surface area contributed by atoms with Crippen LogP contribution in [0.25, 0.3) is 0 Å². The van der Waals surface area contributed by atoms with Gasteiger partial charge in [0.1, 0.15) is 0 Å². The average molecular weight is 416 g/mol. The topological polar surface area (TPSA) is 71.1 Å². The number of carbonyl (C=O) groups is 2. The van der Waals surface area contributed by atoms with Crippen LogP contribution in [0.5, 0.6) is 11.5 Å². The van der Waals surface area contributed by atoms with Crippen LogP contribution in [0, 0.1) is 0 Å². The number of benzene rings is 1. The summed E-state index contributed by atoms with van der Waals surface area (Å²) in [5.41, 5.74) is 1.05. The third kappa shape index (κ3) is 4.13. The van der Waals surface area contributed by atoms with Gasteiger partial charge >= 0.3 is 0 Å². The first-order chi connectivity index (χ1) is 14.6. The Balaban J connectivity index is 1.49. The van der Waals surface area contributed by atoms with E-state index in [1.54, 1.807) is 14.2 Å². The quantitative estimate of drug-likeness (QED) is 0.773. The molecule has 3 fully saturated rings. The molecule has 0 bridgehead atoms. The number of amides is 2. The molecule has 1 aromatic rings. The van der Waals surface area contributed by atoms with Crippen molar-refractivity contribution in [1.82, 2.24) is 15.1 Å². The van der Waals surface area contributed by atoms with Crippen molar-refractivity contribution in [2.24, 2.45) is 0 Å². The van der Waals surface area contributed by atoms with Crippen molar-refractivity contribution < 1.29 is 19.1 Å². The van der Waals surface area contributed by atoms with Crippen LogP contribution in [0.2, 0.25) is 0 Å². The van der Waals surface area contributed by atoms with Gasteiger partial charge in [-0.15, -0.1) is 0 Å². The van der Waals surface area contributed by atoms with Gasteiger partial charge in [0.05, 0.1) is 32.7 Å². The summed E-state index contributed by atoms with van der Waals surface area (Å²) in [6.07, 6.45) is 6.85. The van der Waals surface area contributed by atoms with Crippen LogP contribution in [-0.2, 0) is 9.59 Å². The third-order valence-electron chi connectivity index (χ3n) is 6.90. The Morgan fingerprint density at radius 3 is 2.57 bits per heavy atom. The minimum atomic E-state index is -0.346. The molecule has 2 amide bonds. The van der Waals surface area contributed by atoms with Crippen molar-refractivity contribution in [2.75, 3.05) is 33.9 Å². The van der Waals surface area contributed by atoms with E-state index in [0.717, 1.165) is 44.3 Å². The highest BCUT2D eigenvalue weighted by Crippen LogP contribution is 2.37. The van der Waals surface area contributed by atoms with Crippen molar-refractivity contribution in [3.8, 4) is 11.5 Å². The molecule has 1 N–H and O–H groups in total. The molecule has 3 aliphatic rings. The molecule has 4 rings (SSSR count). The third-order valence-corrected chi connectivity index (χ3v) is 6.90. The fraction of sp³-hybridized carbons (Fsp3) is 0.652. The Morgan fingerprint density at radius 1 is 1.07 bits per heavy atom. The summed E-state index contributed by atoms with van der Waals surface area (Å²) >= 11 is 0. The Labute approximate surface area is 178 Å². The second-order valence-electron chi connectivity index (χ2n) is 8.55. The van der Waals surface area contributed by atoms with Crippen molar-refractivity contribution in [1.29, 1.82) is 0 Å². The average Bonchev–Trinajstić information content (AvgIpc) is 3.47. The van der Waals surface area contributed by atoms with Gasteiger partial charge in [-0.3, -0.25) is 14.5 Å². The largest absolute Gasteiger partial charge is 0.493 e. The zero-order valence-corrected chi connectivity index (χ0v) is 18.1. The fourth-order valence-electron chi connectivity index (χ4n) is 5.37. The second kappa shape index (κ2) is 9.25. The lowest BCUT2D eigenvalue weighted by Gasteiger charge is -2.39. The molecule has 0 radical (unpaired) electrons. The van der Waals surface area contributed by atoms with E-state index in [2.05, 4.69) is 10.2 Å². The maximum absolute atomic E-state index is 13.3. The number of likely N-dealkylation sites (tertiary alicyclic amines) is 1. The highest BCUT2D eigenvalue weighted by molar-refractivity contribution is 5.89. The maximum atomic E-state index is 13.3. The van der Waals surface area contributed by atoms with Gasteiger partial charge in [0.2, 0.25) is 11.8 Å². The minimum absolute atomic E-state index is 0.00311. The Kier molecular flexibility index (Phi) is 6.46. The van der Waals surface area contributed by atoms with E-state index in [4.69, 9.17) is 9.47 Å². The summed E-state index contributed by atoms with van der Waals surface area (Å²) in [7, 11) is 3.24. The molecule has 0 aromatic heterocycles. The molecule has 1 aliphatic carbocycles. The zero-order valence-electron chi connectivity index (χ0n) is 18.1. The molecule has 7 heteroatoms. The van der Waals surface area contributed by atoms with Crippen molar-refractivity contribution in [3.63, 3.8) is 0 Å². The smallest absolute Gasteiger partial charge is 0.237 e. The number of hydrogen-bond acceptors (Lipinski definition) is 5. The highest BCUT2D eigenvalue weighted by atomic mass is 16.5. The number of nitrogens with one attached hydrogen (secondary N) is 1. The molecule has 0 spiro atoms. The number of piperazine rings is 1. The molecular formula is C23H33N3O4. The predicted molar refractivity (Wildman–Crippen MR) is 114 cm³/mol. The second-order valence-corrected chi connectivity index (χ2v) is 8.55. The Hall–Kier alpha value is -2.28. The first-order valence-corrected chi connectivity index (χ1v) is 11.2. The number of methoxy groups -OCH3 is 2. The molecule has 2 saturated heterocycles. The zero-order chi connectivity index (χ0) is 21.1. The van der Waals surface area contributed by atoms with Crippen molar-refractivity contribution in [3.05, 3.63) is 23.8 Å². The minimum Gasteiger partial charge on any atom is -0.493 e. The first-order valence-electron chi connectivity index (χ1n) is 11.2. The van der Waals surface area contributed by atoms with Gasteiger partial charge in [0, 0.05) is 25.7 Å². The van der Waals surface area contributed by atoms with E-state index < -0.39 is 0 Å². The summed E-state index contributed by atoms with van der Waals surface area (Å²) in [5, 5.41) is 2.97. The first kappa shape index (κ1) is 21.0. The molecule has 164 valence electrons. The van der Waals surface area contributed by atoms with Crippen molar-refractivity contribution >= 4 is 11.8 Å². The predicted octanol–water partition coefficient (Wildman–Crippen LogP) is 2.50. The Bertz CT molecular complexity index is 778. The molecule has 2 atom stereocenters. The molecule has 2 heterocycles. The molecule has 0 unspecified atom stereocenters. The van der Waals surface area contributed by atoms with Gasteiger partial charge in [0.25, 0.3) is 0 Å². The molecule has 7 nitrogen and oxygen atoms in total. The van der Waals surface area contributed by atoms with Crippen LogP contribution in [0.3, 0.4) is 0 Å². The number of rotatable bonds is 6. The summed E-state index contributed by atoms with van der Waals surface area (Å²) in [4.78, 5) is 30.3. The van der Waals surface area contributed by atoms with E-state index in [0.29, 0.717) is 24.1 Å². The molecular weight excluding hydrogens is 382 g/mol. The molecule has 1 saturated carbocycles. The van der Waals surface area contributed by atoms with Gasteiger partial charge in [-0.25, -0.2) is 0 Å². The highest BCUT2D eigenvalue weighted by Gasteiger charge is 2.39. The molecule has 1 aromatic carbocycles. The SMILES string of the molecule is COc1ccc([C@H]2CCCN2C(=O)C[C@H]2C(=O)NCCN2C2CCCC2)cc1OC. The lowest BCUT2D eigenvalue weighted by molar-refractivity contribution is -0.140. The normalized spacial score (nSPS) is 25.4. The number of carbonyl (C=O) groups excluding carboxylic acids is 2. The summed E-state index contributed by atoms with van der Waals surface area (Å²) in [6, 6.07) is 5.98. The summed E-state index contributed by atoms with van der Waals surface area (Å²) in [6.45, 7) is 2.25. The molecule has 30 heavy (non-hydrogen) atoms. The van der Waals surface area contributed by atoms with Gasteiger partial charge in [-0.1, -0.05) is 18.9 Å². The van der Waals surface area contributed by atoms with Crippen LogP contribution < -0.4 is 14.8 Å². The number of hydrogen-bond donors (Lipinski definition) is 1.